The molecule has 124 valence electrons. The van der Waals surface area contributed by atoms with E-state index in [9.17, 15) is 23.2 Å². The van der Waals surface area contributed by atoms with E-state index in [-0.39, 0.29) is 22.9 Å². The van der Waals surface area contributed by atoms with E-state index >= 15 is 0 Å². The molecule has 0 radical (unpaired) electrons. The van der Waals surface area contributed by atoms with Gasteiger partial charge in [0.1, 0.15) is 5.92 Å². The summed E-state index contributed by atoms with van der Waals surface area (Å²) in [5, 5.41) is 8.68. The first-order valence-electron chi connectivity index (χ1n) is 6.82. The van der Waals surface area contributed by atoms with E-state index in [1.807, 2.05) is 0 Å². The molecule has 1 amide bonds. The van der Waals surface area contributed by atoms with Crippen molar-refractivity contribution in [3.05, 3.63) is 46.8 Å². The molecule has 1 unspecified atom stereocenters. The summed E-state index contributed by atoms with van der Waals surface area (Å²) in [6.07, 6.45) is -0.112. The Kier molecular flexibility index (Phi) is 3.96. The highest BCUT2D eigenvalue weighted by molar-refractivity contribution is 8.14. The first-order valence-corrected chi connectivity index (χ1v) is 7.60. The first-order chi connectivity index (χ1) is 11.3. The van der Waals surface area contributed by atoms with E-state index in [2.05, 4.69) is 4.99 Å². The van der Waals surface area contributed by atoms with Crippen LogP contribution in [-0.4, -0.2) is 32.1 Å². The van der Waals surface area contributed by atoms with E-state index in [0.717, 1.165) is 16.4 Å². The standard InChI is InChI=1S/C15H10F2N2O4S/c1-6-11(20)8(4-7-2-3-9(16)10(17)5-7)14(21)19-12(6)18-13(24-19)15(22)23/h2-3,5,8H,4H2,1H3,(H,22,23). The van der Waals surface area contributed by atoms with Crippen LogP contribution in [-0.2, 0) is 20.8 Å². The van der Waals surface area contributed by atoms with Gasteiger partial charge in [-0.25, -0.2) is 22.9 Å². The maximum Gasteiger partial charge on any atom is 0.363 e. The van der Waals surface area contributed by atoms with Crippen molar-refractivity contribution in [2.24, 2.45) is 10.9 Å². The van der Waals surface area contributed by atoms with Crippen molar-refractivity contribution in [2.45, 2.75) is 13.3 Å². The van der Waals surface area contributed by atoms with Crippen molar-refractivity contribution >= 4 is 34.7 Å². The molecule has 1 aromatic rings. The maximum absolute atomic E-state index is 13.3. The highest BCUT2D eigenvalue weighted by Gasteiger charge is 2.44. The lowest BCUT2D eigenvalue weighted by Gasteiger charge is -2.27. The van der Waals surface area contributed by atoms with Crippen molar-refractivity contribution in [1.82, 2.24) is 4.31 Å². The normalized spacial score (nSPS) is 20.4. The average molecular weight is 352 g/mol. The predicted octanol–water partition coefficient (Wildman–Crippen LogP) is 1.91. The Balaban J connectivity index is 1.91. The highest BCUT2D eigenvalue weighted by atomic mass is 32.2. The average Bonchev–Trinajstić information content (AvgIpc) is 2.99. The number of fused-ring (bicyclic) bond motifs is 1. The Hall–Kier alpha value is -2.55. The van der Waals surface area contributed by atoms with Gasteiger partial charge in [0, 0.05) is 17.5 Å². The molecule has 9 heteroatoms. The molecule has 2 aliphatic heterocycles. The molecule has 24 heavy (non-hydrogen) atoms. The lowest BCUT2D eigenvalue weighted by molar-refractivity contribution is -0.136. The minimum atomic E-state index is -1.30. The number of aliphatic imine (C=N–C) groups is 1. The van der Waals surface area contributed by atoms with Gasteiger partial charge in [-0.3, -0.25) is 9.59 Å². The molecule has 1 aromatic carbocycles. The van der Waals surface area contributed by atoms with E-state index in [4.69, 9.17) is 5.11 Å². The lowest BCUT2D eigenvalue weighted by atomic mass is 9.88. The summed E-state index contributed by atoms with van der Waals surface area (Å²) in [4.78, 5) is 39.7. The minimum Gasteiger partial charge on any atom is -0.476 e. The van der Waals surface area contributed by atoms with Crippen LogP contribution in [0.3, 0.4) is 0 Å². The molecule has 6 nitrogen and oxygen atoms in total. The Morgan fingerprint density at radius 1 is 1.33 bits per heavy atom. The second kappa shape index (κ2) is 5.82. The summed E-state index contributed by atoms with van der Waals surface area (Å²) in [7, 11) is 0. The number of hydrogen-bond donors (Lipinski definition) is 1. The SMILES string of the molecule is CC1=C2N=C(C(=O)O)SN2C(=O)C(Cc2ccc(F)c(F)c2)C1=O. The van der Waals surface area contributed by atoms with Crippen LogP contribution in [0, 0.1) is 17.6 Å². The van der Waals surface area contributed by atoms with Crippen molar-refractivity contribution in [2.75, 3.05) is 0 Å². The fourth-order valence-electron chi connectivity index (χ4n) is 2.47. The molecule has 1 N–H and O–H groups in total. The molecule has 2 heterocycles. The zero-order chi connectivity index (χ0) is 17.6. The van der Waals surface area contributed by atoms with Crippen LogP contribution >= 0.6 is 11.9 Å². The number of nitrogens with zero attached hydrogens (tertiary/aromatic N) is 2. The maximum atomic E-state index is 13.3. The molecule has 2 aliphatic rings. The number of benzene rings is 1. The molecule has 0 bridgehead atoms. The van der Waals surface area contributed by atoms with Gasteiger partial charge in [-0.2, -0.15) is 0 Å². The number of aliphatic carboxylic acids is 1. The van der Waals surface area contributed by atoms with Crippen LogP contribution in [0.1, 0.15) is 12.5 Å². The number of Topliss-reactive ketones (excluding diaryl/α,β-unsaturated/α-hetero) is 1. The quantitative estimate of drug-likeness (QED) is 0.663. The summed E-state index contributed by atoms with van der Waals surface area (Å²) in [5.74, 6) is -5.64. The second-order valence-electron chi connectivity index (χ2n) is 5.26. The molecule has 1 atom stereocenters. The number of hydrogen-bond acceptors (Lipinski definition) is 5. The third kappa shape index (κ3) is 2.60. The molecule has 0 saturated carbocycles. The van der Waals surface area contributed by atoms with Crippen molar-refractivity contribution in [1.29, 1.82) is 0 Å². The van der Waals surface area contributed by atoms with Crippen LogP contribution in [0.4, 0.5) is 8.78 Å². The number of ketones is 1. The molecule has 0 aromatic heterocycles. The molecule has 0 spiro atoms. The number of carboxylic acid groups (broad SMARTS) is 1. The molecular weight excluding hydrogens is 342 g/mol. The predicted molar refractivity (Wildman–Crippen MR) is 80.8 cm³/mol. The van der Waals surface area contributed by atoms with E-state index in [1.165, 1.54) is 13.0 Å². The van der Waals surface area contributed by atoms with Gasteiger partial charge in [0.05, 0.1) is 0 Å². The van der Waals surface area contributed by atoms with Gasteiger partial charge in [-0.15, -0.1) is 0 Å². The number of allylic oxidation sites excluding steroid dienone is 1. The van der Waals surface area contributed by atoms with Gasteiger partial charge in [-0.1, -0.05) is 6.07 Å². The van der Waals surface area contributed by atoms with Crippen LogP contribution in [0.5, 0.6) is 0 Å². The van der Waals surface area contributed by atoms with E-state index in [0.29, 0.717) is 17.5 Å². The number of halogens is 2. The molecule has 3 rings (SSSR count). The summed E-state index contributed by atoms with van der Waals surface area (Å²) in [6.45, 7) is 1.45. The zero-order valence-electron chi connectivity index (χ0n) is 12.2. The smallest absolute Gasteiger partial charge is 0.363 e. The van der Waals surface area contributed by atoms with Gasteiger partial charge < -0.3 is 5.11 Å². The number of carbonyl (C=O) groups is 3. The van der Waals surface area contributed by atoms with Gasteiger partial charge in [0.2, 0.25) is 11.0 Å². The summed E-state index contributed by atoms with van der Waals surface area (Å²) in [6, 6.07) is 3.15. The van der Waals surface area contributed by atoms with E-state index < -0.39 is 35.2 Å². The van der Waals surface area contributed by atoms with Crippen LogP contribution in [0.2, 0.25) is 0 Å². The monoisotopic (exact) mass is 352 g/mol. The third-order valence-corrected chi connectivity index (χ3v) is 4.68. The third-order valence-electron chi connectivity index (χ3n) is 3.70. The second-order valence-corrected chi connectivity index (χ2v) is 6.20. The molecule has 0 aliphatic carbocycles. The van der Waals surface area contributed by atoms with Gasteiger partial charge in [-0.05, 0) is 31.0 Å². The van der Waals surface area contributed by atoms with Gasteiger partial charge in [0.15, 0.2) is 23.2 Å². The fraction of sp³-hybridized carbons (Fsp3) is 0.200. The molecule has 0 saturated heterocycles. The van der Waals surface area contributed by atoms with Crippen molar-refractivity contribution in [3.8, 4) is 0 Å². The van der Waals surface area contributed by atoms with E-state index in [1.54, 1.807) is 0 Å². The summed E-state index contributed by atoms with van der Waals surface area (Å²) in [5.41, 5.74) is 0.450. The number of amides is 1. The van der Waals surface area contributed by atoms with Crippen LogP contribution in [0.15, 0.2) is 34.6 Å². The fourth-order valence-corrected chi connectivity index (χ4v) is 3.33. The Bertz CT molecular complexity index is 850. The molecular formula is C15H10F2N2O4S. The zero-order valence-corrected chi connectivity index (χ0v) is 13.1. The van der Waals surface area contributed by atoms with Gasteiger partial charge >= 0.3 is 5.97 Å². The van der Waals surface area contributed by atoms with Gasteiger partial charge in [0.25, 0.3) is 0 Å². The first kappa shape index (κ1) is 16.3. The number of rotatable bonds is 3. The summed E-state index contributed by atoms with van der Waals surface area (Å²) >= 11 is 0.627. The minimum absolute atomic E-state index is 0.00827. The number of carbonyl (C=O) groups excluding carboxylic acids is 2. The lowest BCUT2D eigenvalue weighted by Crippen LogP contribution is -2.40. The van der Waals surface area contributed by atoms with Crippen LogP contribution < -0.4 is 0 Å². The summed E-state index contributed by atoms with van der Waals surface area (Å²) < 4.78 is 27.4. The van der Waals surface area contributed by atoms with Crippen molar-refractivity contribution in [3.63, 3.8) is 0 Å². The topological polar surface area (TPSA) is 87.0 Å². The Morgan fingerprint density at radius 3 is 2.67 bits per heavy atom. The van der Waals surface area contributed by atoms with Crippen molar-refractivity contribution < 1.29 is 28.3 Å². The number of carboxylic acids is 1. The Morgan fingerprint density at radius 2 is 2.04 bits per heavy atom. The highest BCUT2D eigenvalue weighted by Crippen LogP contribution is 2.38. The Labute approximate surface area is 139 Å². The largest absolute Gasteiger partial charge is 0.476 e. The van der Waals surface area contributed by atoms with Crippen LogP contribution in [0.25, 0.3) is 0 Å². The molecule has 0 fully saturated rings.